The van der Waals surface area contributed by atoms with Crippen LogP contribution in [-0.2, 0) is 14.3 Å². The number of carbonyl (C=O) groups is 2. The maximum atomic E-state index is 11.0. The van der Waals surface area contributed by atoms with Crippen LogP contribution in [0.2, 0.25) is 0 Å². The lowest BCUT2D eigenvalue weighted by atomic mass is 10.3. The van der Waals surface area contributed by atoms with E-state index in [-0.39, 0.29) is 12.5 Å². The number of rotatable bonds is 6. The van der Waals surface area contributed by atoms with Gasteiger partial charge in [0.1, 0.15) is 6.61 Å². The number of esters is 1. The van der Waals surface area contributed by atoms with E-state index in [1.807, 2.05) is 6.92 Å². The highest BCUT2D eigenvalue weighted by Crippen LogP contribution is 1.91. The van der Waals surface area contributed by atoms with Gasteiger partial charge in [0.2, 0.25) is 5.91 Å². The summed E-state index contributed by atoms with van der Waals surface area (Å²) in [5, 5.41) is 2.63. The van der Waals surface area contributed by atoms with E-state index in [0.29, 0.717) is 18.5 Å². The zero-order valence-corrected chi connectivity index (χ0v) is 8.76. The number of nitrogens with one attached hydrogen (secondary N) is 1. The smallest absolute Gasteiger partial charge is 0.333 e. The summed E-state index contributed by atoms with van der Waals surface area (Å²) in [5.74, 6) is -0.436. The highest BCUT2D eigenvalue weighted by Gasteiger charge is 2.02. The molecule has 14 heavy (non-hydrogen) atoms. The lowest BCUT2D eigenvalue weighted by Crippen LogP contribution is -2.27. The van der Waals surface area contributed by atoms with Gasteiger partial charge < -0.3 is 10.1 Å². The van der Waals surface area contributed by atoms with Crippen LogP contribution in [0.4, 0.5) is 0 Å². The minimum atomic E-state index is -0.422. The molecule has 1 amide bonds. The quantitative estimate of drug-likeness (QED) is 0.395. The first kappa shape index (κ1) is 12.7. The van der Waals surface area contributed by atoms with E-state index in [2.05, 4.69) is 11.9 Å². The SMILES string of the molecule is C=C(C)C(=O)OCCNC(=O)CCC. The molecule has 0 heterocycles. The summed E-state index contributed by atoms with van der Waals surface area (Å²) < 4.78 is 4.78. The summed E-state index contributed by atoms with van der Waals surface area (Å²) >= 11 is 0. The second-order valence-electron chi connectivity index (χ2n) is 3.02. The summed E-state index contributed by atoms with van der Waals surface area (Å²) in [5.41, 5.74) is 0.366. The molecule has 0 bridgehead atoms. The molecule has 0 rings (SSSR count). The van der Waals surface area contributed by atoms with Crippen molar-refractivity contribution in [3.05, 3.63) is 12.2 Å². The van der Waals surface area contributed by atoms with Crippen molar-refractivity contribution in [3.63, 3.8) is 0 Å². The van der Waals surface area contributed by atoms with E-state index >= 15 is 0 Å². The lowest BCUT2D eigenvalue weighted by Gasteiger charge is -2.05. The molecule has 0 atom stereocenters. The molecule has 0 aliphatic carbocycles. The summed E-state index contributed by atoms with van der Waals surface area (Å²) in [7, 11) is 0. The Bertz CT molecular complexity index is 223. The molecule has 0 spiro atoms. The number of hydrogen-bond acceptors (Lipinski definition) is 3. The summed E-state index contributed by atoms with van der Waals surface area (Å²) in [6.45, 7) is 7.50. The molecular formula is C10H17NO3. The fourth-order valence-corrected chi connectivity index (χ4v) is 0.773. The van der Waals surface area contributed by atoms with Gasteiger partial charge in [0.15, 0.2) is 0 Å². The fourth-order valence-electron chi connectivity index (χ4n) is 0.773. The Morgan fingerprint density at radius 1 is 1.43 bits per heavy atom. The van der Waals surface area contributed by atoms with Crippen molar-refractivity contribution in [2.75, 3.05) is 13.2 Å². The third kappa shape index (κ3) is 6.22. The maximum Gasteiger partial charge on any atom is 0.333 e. The van der Waals surface area contributed by atoms with Crippen LogP contribution in [-0.4, -0.2) is 25.0 Å². The molecule has 0 aromatic carbocycles. The molecule has 0 aliphatic heterocycles. The number of amides is 1. The second-order valence-corrected chi connectivity index (χ2v) is 3.02. The van der Waals surface area contributed by atoms with Crippen LogP contribution in [0.3, 0.4) is 0 Å². The van der Waals surface area contributed by atoms with Crippen molar-refractivity contribution in [2.45, 2.75) is 26.7 Å². The highest BCUT2D eigenvalue weighted by atomic mass is 16.5. The lowest BCUT2D eigenvalue weighted by molar-refractivity contribution is -0.139. The Morgan fingerprint density at radius 2 is 2.07 bits per heavy atom. The zero-order valence-electron chi connectivity index (χ0n) is 8.76. The van der Waals surface area contributed by atoms with Gasteiger partial charge in [-0.3, -0.25) is 4.79 Å². The van der Waals surface area contributed by atoms with E-state index in [9.17, 15) is 9.59 Å². The first-order valence-corrected chi connectivity index (χ1v) is 4.67. The minimum Gasteiger partial charge on any atom is -0.460 e. The van der Waals surface area contributed by atoms with E-state index in [1.165, 1.54) is 0 Å². The van der Waals surface area contributed by atoms with Gasteiger partial charge in [-0.2, -0.15) is 0 Å². The Kier molecular flexibility index (Phi) is 6.45. The number of hydrogen-bond donors (Lipinski definition) is 1. The van der Waals surface area contributed by atoms with Crippen LogP contribution in [0.5, 0.6) is 0 Å². The monoisotopic (exact) mass is 199 g/mol. The molecule has 1 N–H and O–H groups in total. The van der Waals surface area contributed by atoms with E-state index in [1.54, 1.807) is 6.92 Å². The molecule has 0 saturated heterocycles. The van der Waals surface area contributed by atoms with E-state index < -0.39 is 5.97 Å². The molecule has 0 unspecified atom stereocenters. The van der Waals surface area contributed by atoms with Crippen LogP contribution in [0.25, 0.3) is 0 Å². The zero-order chi connectivity index (χ0) is 11.0. The second kappa shape index (κ2) is 7.12. The van der Waals surface area contributed by atoms with Gasteiger partial charge >= 0.3 is 5.97 Å². The van der Waals surface area contributed by atoms with Crippen LogP contribution in [0, 0.1) is 0 Å². The minimum absolute atomic E-state index is 0.0149. The first-order chi connectivity index (χ1) is 6.57. The predicted octanol–water partition coefficient (Wildman–Crippen LogP) is 1.02. The highest BCUT2D eigenvalue weighted by molar-refractivity contribution is 5.86. The average molecular weight is 199 g/mol. The molecule has 80 valence electrons. The fraction of sp³-hybridized carbons (Fsp3) is 0.600. The van der Waals surface area contributed by atoms with Crippen molar-refractivity contribution >= 4 is 11.9 Å². The third-order valence-electron chi connectivity index (χ3n) is 1.48. The van der Waals surface area contributed by atoms with Gasteiger partial charge in [-0.1, -0.05) is 13.5 Å². The molecule has 4 nitrogen and oxygen atoms in total. The van der Waals surface area contributed by atoms with Gasteiger partial charge in [0.25, 0.3) is 0 Å². The van der Waals surface area contributed by atoms with Gasteiger partial charge in [-0.05, 0) is 13.3 Å². The first-order valence-electron chi connectivity index (χ1n) is 4.67. The molecule has 0 saturated carbocycles. The molecular weight excluding hydrogens is 182 g/mol. The normalized spacial score (nSPS) is 9.29. The molecule has 0 radical (unpaired) electrons. The van der Waals surface area contributed by atoms with E-state index in [0.717, 1.165) is 6.42 Å². The number of ether oxygens (including phenoxy) is 1. The Labute approximate surface area is 84.3 Å². The van der Waals surface area contributed by atoms with Gasteiger partial charge in [0, 0.05) is 12.0 Å². The average Bonchev–Trinajstić information content (AvgIpc) is 2.12. The van der Waals surface area contributed by atoms with Crippen molar-refractivity contribution in [1.82, 2.24) is 5.32 Å². The predicted molar refractivity (Wildman–Crippen MR) is 53.7 cm³/mol. The van der Waals surface area contributed by atoms with Crippen molar-refractivity contribution in [1.29, 1.82) is 0 Å². The molecule has 0 aliphatic rings. The van der Waals surface area contributed by atoms with Crippen LogP contribution >= 0.6 is 0 Å². The van der Waals surface area contributed by atoms with Crippen molar-refractivity contribution in [2.24, 2.45) is 0 Å². The summed E-state index contributed by atoms with van der Waals surface area (Å²) in [6, 6.07) is 0. The molecule has 0 fully saturated rings. The van der Waals surface area contributed by atoms with Gasteiger partial charge in [-0.25, -0.2) is 4.79 Å². The molecule has 4 heteroatoms. The van der Waals surface area contributed by atoms with Gasteiger partial charge in [0.05, 0.1) is 6.54 Å². The maximum absolute atomic E-state index is 11.0. The largest absolute Gasteiger partial charge is 0.460 e. The Morgan fingerprint density at radius 3 is 2.57 bits per heavy atom. The van der Waals surface area contributed by atoms with Crippen molar-refractivity contribution < 1.29 is 14.3 Å². The van der Waals surface area contributed by atoms with Crippen molar-refractivity contribution in [3.8, 4) is 0 Å². The third-order valence-corrected chi connectivity index (χ3v) is 1.48. The Balaban J connectivity index is 3.42. The standard InChI is InChI=1S/C10H17NO3/c1-4-5-9(12)11-6-7-14-10(13)8(2)3/h2,4-7H2,1,3H3,(H,11,12). The Hall–Kier alpha value is -1.32. The summed E-state index contributed by atoms with van der Waals surface area (Å²) in [4.78, 5) is 21.8. The van der Waals surface area contributed by atoms with Gasteiger partial charge in [-0.15, -0.1) is 0 Å². The molecule has 0 aromatic heterocycles. The number of carbonyl (C=O) groups excluding carboxylic acids is 2. The topological polar surface area (TPSA) is 55.4 Å². The summed E-state index contributed by atoms with van der Waals surface area (Å²) in [6.07, 6.45) is 1.33. The molecule has 0 aromatic rings. The van der Waals surface area contributed by atoms with Crippen LogP contribution in [0.15, 0.2) is 12.2 Å². The van der Waals surface area contributed by atoms with Crippen LogP contribution < -0.4 is 5.32 Å². The van der Waals surface area contributed by atoms with E-state index in [4.69, 9.17) is 4.74 Å². The van der Waals surface area contributed by atoms with Crippen LogP contribution in [0.1, 0.15) is 26.7 Å².